The van der Waals surface area contributed by atoms with Gasteiger partial charge < -0.3 is 9.64 Å². The van der Waals surface area contributed by atoms with E-state index in [2.05, 4.69) is 20.9 Å². The number of esters is 1. The lowest BCUT2D eigenvalue weighted by molar-refractivity contribution is 0.0602. The van der Waals surface area contributed by atoms with Crippen molar-refractivity contribution < 1.29 is 9.53 Å². The Bertz CT molecular complexity index is 696. The van der Waals surface area contributed by atoms with Crippen LogP contribution in [0.1, 0.15) is 15.9 Å². The third-order valence-corrected chi connectivity index (χ3v) is 3.67. The molecule has 0 unspecified atom stereocenters. The summed E-state index contributed by atoms with van der Waals surface area (Å²) in [4.78, 5) is 18.4. The first kappa shape index (κ1) is 15.5. The molecule has 2 aromatic rings. The van der Waals surface area contributed by atoms with Gasteiger partial charge in [0.15, 0.2) is 0 Å². The molecule has 2 aromatic carbocycles. The summed E-state index contributed by atoms with van der Waals surface area (Å²) in [5, 5.41) is 2.68. The molecule has 0 saturated carbocycles. The molecular formula is C16H17BrN2O2. The number of aliphatic imine (C=N–C) groups is 1. The molecule has 0 aliphatic rings. The third kappa shape index (κ3) is 3.24. The predicted molar refractivity (Wildman–Crippen MR) is 89.8 cm³/mol. The second-order valence-corrected chi connectivity index (χ2v) is 5.37. The topological polar surface area (TPSA) is 41.9 Å². The fourth-order valence-corrected chi connectivity index (χ4v) is 2.59. The molecule has 0 atom stereocenters. The first-order valence-corrected chi connectivity index (χ1v) is 7.60. The number of halogens is 1. The molecule has 2 rings (SSSR count). The Labute approximate surface area is 132 Å². The van der Waals surface area contributed by atoms with Crippen LogP contribution in [0.15, 0.2) is 35.3 Å². The van der Waals surface area contributed by atoms with E-state index in [1.54, 1.807) is 6.34 Å². The summed E-state index contributed by atoms with van der Waals surface area (Å²) >= 11 is 3.47. The van der Waals surface area contributed by atoms with Gasteiger partial charge in [-0.15, -0.1) is 0 Å². The SMILES string of the molecule is COC(=O)c1cc(CBr)c2ccccc2c1N=CN(C)C. The van der Waals surface area contributed by atoms with Crippen LogP contribution in [0.4, 0.5) is 5.69 Å². The van der Waals surface area contributed by atoms with Gasteiger partial charge in [-0.2, -0.15) is 0 Å². The van der Waals surface area contributed by atoms with Crippen LogP contribution in [0.25, 0.3) is 10.8 Å². The summed E-state index contributed by atoms with van der Waals surface area (Å²) in [5.41, 5.74) is 2.15. The zero-order valence-corrected chi connectivity index (χ0v) is 13.8. The summed E-state index contributed by atoms with van der Waals surface area (Å²) in [6, 6.07) is 9.75. The number of ether oxygens (including phenoxy) is 1. The largest absolute Gasteiger partial charge is 0.465 e. The maximum atomic E-state index is 12.1. The highest BCUT2D eigenvalue weighted by Gasteiger charge is 2.17. The fourth-order valence-electron chi connectivity index (χ4n) is 2.12. The number of methoxy groups -OCH3 is 1. The molecule has 0 aliphatic heterocycles. The van der Waals surface area contributed by atoms with Crippen molar-refractivity contribution in [2.45, 2.75) is 5.33 Å². The molecule has 110 valence electrons. The van der Waals surface area contributed by atoms with Crippen molar-refractivity contribution in [2.75, 3.05) is 21.2 Å². The summed E-state index contributed by atoms with van der Waals surface area (Å²) in [6.07, 6.45) is 1.68. The van der Waals surface area contributed by atoms with Gasteiger partial charge in [-0.3, -0.25) is 0 Å². The number of rotatable bonds is 4. The molecular weight excluding hydrogens is 332 g/mol. The van der Waals surface area contributed by atoms with Crippen molar-refractivity contribution >= 4 is 44.7 Å². The number of hydrogen-bond acceptors (Lipinski definition) is 3. The van der Waals surface area contributed by atoms with E-state index in [0.29, 0.717) is 16.6 Å². The van der Waals surface area contributed by atoms with E-state index in [-0.39, 0.29) is 5.97 Å². The lowest BCUT2D eigenvalue weighted by Gasteiger charge is -2.12. The maximum Gasteiger partial charge on any atom is 0.340 e. The summed E-state index contributed by atoms with van der Waals surface area (Å²) in [7, 11) is 5.15. The molecule has 21 heavy (non-hydrogen) atoms. The maximum absolute atomic E-state index is 12.1. The van der Waals surface area contributed by atoms with E-state index in [0.717, 1.165) is 16.3 Å². The summed E-state index contributed by atoms with van der Waals surface area (Å²) < 4.78 is 4.89. The van der Waals surface area contributed by atoms with Gasteiger partial charge in [0.25, 0.3) is 0 Å². The van der Waals surface area contributed by atoms with Crippen LogP contribution in [0.3, 0.4) is 0 Å². The molecule has 0 fully saturated rings. The molecule has 0 radical (unpaired) electrons. The molecule has 0 aromatic heterocycles. The van der Waals surface area contributed by atoms with Gasteiger partial charge in [-0.05, 0) is 17.0 Å². The number of nitrogens with zero attached hydrogens (tertiary/aromatic N) is 2. The first-order chi connectivity index (χ1) is 10.1. The van der Waals surface area contributed by atoms with Gasteiger partial charge in [0.1, 0.15) is 0 Å². The average molecular weight is 349 g/mol. The van der Waals surface area contributed by atoms with E-state index in [9.17, 15) is 4.79 Å². The summed E-state index contributed by atoms with van der Waals surface area (Å²) in [5.74, 6) is -0.381. The average Bonchev–Trinajstić information content (AvgIpc) is 2.51. The smallest absolute Gasteiger partial charge is 0.340 e. The molecule has 0 saturated heterocycles. The van der Waals surface area contributed by atoms with Gasteiger partial charge in [0.2, 0.25) is 0 Å². The second-order valence-electron chi connectivity index (χ2n) is 4.81. The molecule has 5 heteroatoms. The van der Waals surface area contributed by atoms with Crippen molar-refractivity contribution in [1.82, 2.24) is 4.90 Å². The van der Waals surface area contributed by atoms with E-state index in [1.807, 2.05) is 49.3 Å². The number of hydrogen-bond donors (Lipinski definition) is 0. The highest BCUT2D eigenvalue weighted by molar-refractivity contribution is 9.08. The van der Waals surface area contributed by atoms with Crippen molar-refractivity contribution in [3.63, 3.8) is 0 Å². The third-order valence-electron chi connectivity index (χ3n) is 3.07. The van der Waals surface area contributed by atoms with Gasteiger partial charge in [0.05, 0.1) is 24.7 Å². The number of fused-ring (bicyclic) bond motifs is 1. The van der Waals surface area contributed by atoms with Crippen LogP contribution in [0, 0.1) is 0 Å². The van der Waals surface area contributed by atoms with Crippen LogP contribution in [-0.4, -0.2) is 38.4 Å². The van der Waals surface area contributed by atoms with Gasteiger partial charge in [0, 0.05) is 24.8 Å². The number of alkyl halides is 1. The minimum absolute atomic E-state index is 0.381. The monoisotopic (exact) mass is 348 g/mol. The van der Waals surface area contributed by atoms with Crippen molar-refractivity contribution in [1.29, 1.82) is 0 Å². The Morgan fingerprint density at radius 1 is 1.33 bits per heavy atom. The molecule has 0 amide bonds. The fraction of sp³-hybridized carbons (Fsp3) is 0.250. The molecule has 0 spiro atoms. The normalized spacial score (nSPS) is 11.0. The van der Waals surface area contributed by atoms with Crippen LogP contribution in [0.5, 0.6) is 0 Å². The second kappa shape index (κ2) is 6.72. The summed E-state index contributed by atoms with van der Waals surface area (Å²) in [6.45, 7) is 0. The van der Waals surface area contributed by atoms with Crippen LogP contribution in [-0.2, 0) is 10.1 Å². The first-order valence-electron chi connectivity index (χ1n) is 6.48. The van der Waals surface area contributed by atoms with Crippen molar-refractivity contribution in [3.05, 3.63) is 41.5 Å². The predicted octanol–water partition coefficient (Wildman–Crippen LogP) is 3.74. The Balaban J connectivity index is 2.79. The standard InChI is InChI=1S/C16H17BrN2O2/c1-19(2)10-18-15-13-7-5-4-6-12(13)11(9-17)8-14(15)16(20)21-3/h4-8,10H,9H2,1-3H3. The molecule has 0 N–H and O–H groups in total. The minimum Gasteiger partial charge on any atom is -0.465 e. The van der Waals surface area contributed by atoms with Crippen LogP contribution < -0.4 is 0 Å². The lowest BCUT2D eigenvalue weighted by atomic mass is 9.99. The zero-order chi connectivity index (χ0) is 15.4. The number of carbonyl (C=O) groups excluding carboxylic acids is 1. The van der Waals surface area contributed by atoms with Crippen LogP contribution >= 0.6 is 15.9 Å². The van der Waals surface area contributed by atoms with E-state index in [4.69, 9.17) is 4.74 Å². The van der Waals surface area contributed by atoms with E-state index < -0.39 is 0 Å². The van der Waals surface area contributed by atoms with Crippen molar-refractivity contribution in [3.8, 4) is 0 Å². The van der Waals surface area contributed by atoms with Crippen LogP contribution in [0.2, 0.25) is 0 Å². The number of carbonyl (C=O) groups is 1. The van der Waals surface area contributed by atoms with Crippen molar-refractivity contribution in [2.24, 2.45) is 4.99 Å². The molecule has 0 bridgehead atoms. The van der Waals surface area contributed by atoms with Gasteiger partial charge >= 0.3 is 5.97 Å². The Kier molecular flexibility index (Phi) is 4.96. The van der Waals surface area contributed by atoms with E-state index in [1.165, 1.54) is 7.11 Å². The molecule has 0 aliphatic carbocycles. The quantitative estimate of drug-likeness (QED) is 0.365. The van der Waals surface area contributed by atoms with E-state index >= 15 is 0 Å². The number of benzene rings is 2. The minimum atomic E-state index is -0.381. The molecule has 0 heterocycles. The Morgan fingerprint density at radius 2 is 2.00 bits per heavy atom. The van der Waals surface area contributed by atoms with Gasteiger partial charge in [-0.25, -0.2) is 9.79 Å². The zero-order valence-electron chi connectivity index (χ0n) is 12.3. The van der Waals surface area contributed by atoms with Gasteiger partial charge in [-0.1, -0.05) is 40.2 Å². The lowest BCUT2D eigenvalue weighted by Crippen LogP contribution is -2.08. The highest BCUT2D eigenvalue weighted by atomic mass is 79.9. The Morgan fingerprint density at radius 3 is 2.57 bits per heavy atom. The Hall–Kier alpha value is -1.88. The highest BCUT2D eigenvalue weighted by Crippen LogP contribution is 2.34. The molecule has 4 nitrogen and oxygen atoms in total.